The topological polar surface area (TPSA) is 18.5 Å². The molecule has 1 aliphatic heterocycles. The molecular formula is C11H9BrO2. The van der Waals surface area contributed by atoms with Gasteiger partial charge in [0, 0.05) is 0 Å². The summed E-state index contributed by atoms with van der Waals surface area (Å²) >= 11 is 3.40. The number of hydrogen-bond donors (Lipinski definition) is 0. The highest BCUT2D eigenvalue weighted by molar-refractivity contribution is 9.09. The maximum Gasteiger partial charge on any atom is 0.169 e. The fourth-order valence-corrected chi connectivity index (χ4v) is 1.34. The first kappa shape index (κ1) is 9.34. The standard InChI is InChI=1S/C11H9BrO2/c1-2-8(12)11-7-13-9-5-3-4-6-10(9)14-11/h2-8H,1H2. The van der Waals surface area contributed by atoms with Crippen LogP contribution in [0.2, 0.25) is 0 Å². The molecule has 0 saturated heterocycles. The Balaban J connectivity index is 2.25. The summed E-state index contributed by atoms with van der Waals surface area (Å²) in [5, 5.41) is 0. The van der Waals surface area contributed by atoms with Crippen LogP contribution in [0.1, 0.15) is 0 Å². The fourth-order valence-electron chi connectivity index (χ4n) is 1.14. The van der Waals surface area contributed by atoms with Crippen molar-refractivity contribution in [3.8, 4) is 11.5 Å². The zero-order valence-electron chi connectivity index (χ0n) is 7.44. The van der Waals surface area contributed by atoms with Gasteiger partial charge in [-0.1, -0.05) is 34.1 Å². The van der Waals surface area contributed by atoms with Crippen molar-refractivity contribution in [3.63, 3.8) is 0 Å². The molecule has 0 saturated carbocycles. The number of benzene rings is 1. The molecule has 0 spiro atoms. The van der Waals surface area contributed by atoms with Gasteiger partial charge in [0.05, 0.1) is 4.83 Å². The second-order valence-corrected chi connectivity index (χ2v) is 3.81. The molecule has 72 valence electrons. The second kappa shape index (κ2) is 3.88. The van der Waals surface area contributed by atoms with Gasteiger partial charge in [-0.2, -0.15) is 0 Å². The Labute approximate surface area is 91.0 Å². The summed E-state index contributed by atoms with van der Waals surface area (Å²) in [7, 11) is 0. The number of rotatable bonds is 2. The van der Waals surface area contributed by atoms with Crippen molar-refractivity contribution in [3.05, 3.63) is 48.9 Å². The lowest BCUT2D eigenvalue weighted by molar-refractivity contribution is 0.323. The zero-order chi connectivity index (χ0) is 9.97. The van der Waals surface area contributed by atoms with Crippen LogP contribution in [0, 0.1) is 0 Å². The van der Waals surface area contributed by atoms with E-state index in [0.29, 0.717) is 5.76 Å². The molecule has 0 bridgehead atoms. The van der Waals surface area contributed by atoms with Crippen LogP contribution in [0.4, 0.5) is 0 Å². The normalized spacial score (nSPS) is 15.6. The van der Waals surface area contributed by atoms with E-state index in [-0.39, 0.29) is 4.83 Å². The predicted molar refractivity (Wildman–Crippen MR) is 58.7 cm³/mol. The quantitative estimate of drug-likeness (QED) is 0.595. The molecule has 2 nitrogen and oxygen atoms in total. The molecule has 0 aromatic heterocycles. The molecule has 0 fully saturated rings. The van der Waals surface area contributed by atoms with Crippen LogP contribution in [0.25, 0.3) is 0 Å². The van der Waals surface area contributed by atoms with E-state index in [9.17, 15) is 0 Å². The molecule has 0 N–H and O–H groups in total. The molecule has 1 aliphatic rings. The Morgan fingerprint density at radius 1 is 1.29 bits per heavy atom. The van der Waals surface area contributed by atoms with Gasteiger partial charge < -0.3 is 9.47 Å². The smallest absolute Gasteiger partial charge is 0.169 e. The summed E-state index contributed by atoms with van der Waals surface area (Å²) in [4.78, 5) is -0.0177. The van der Waals surface area contributed by atoms with E-state index in [2.05, 4.69) is 22.5 Å². The molecule has 0 radical (unpaired) electrons. The van der Waals surface area contributed by atoms with E-state index in [1.165, 1.54) is 0 Å². The van der Waals surface area contributed by atoms with Gasteiger partial charge in [-0.3, -0.25) is 0 Å². The maximum absolute atomic E-state index is 5.60. The number of alkyl halides is 1. The number of halogens is 1. The molecule has 1 aromatic carbocycles. The van der Waals surface area contributed by atoms with Gasteiger partial charge in [-0.25, -0.2) is 0 Å². The van der Waals surface area contributed by atoms with E-state index < -0.39 is 0 Å². The largest absolute Gasteiger partial charge is 0.457 e. The average molecular weight is 253 g/mol. The first-order chi connectivity index (χ1) is 6.81. The van der Waals surface area contributed by atoms with E-state index in [4.69, 9.17) is 9.47 Å². The summed E-state index contributed by atoms with van der Waals surface area (Å²) in [5.74, 6) is 2.18. The summed E-state index contributed by atoms with van der Waals surface area (Å²) < 4.78 is 11.0. The van der Waals surface area contributed by atoms with E-state index >= 15 is 0 Å². The van der Waals surface area contributed by atoms with Crippen molar-refractivity contribution in [1.29, 1.82) is 0 Å². The Kier molecular flexibility index (Phi) is 2.59. The Bertz CT molecular complexity index is 385. The number of ether oxygens (including phenoxy) is 2. The highest BCUT2D eigenvalue weighted by Gasteiger charge is 2.17. The fraction of sp³-hybridized carbons (Fsp3) is 0.0909. The molecule has 1 aromatic rings. The monoisotopic (exact) mass is 252 g/mol. The number of hydrogen-bond acceptors (Lipinski definition) is 2. The van der Waals surface area contributed by atoms with Crippen LogP contribution < -0.4 is 9.47 Å². The minimum absolute atomic E-state index is 0.0177. The number of allylic oxidation sites excluding steroid dienone is 1. The molecule has 1 heterocycles. The van der Waals surface area contributed by atoms with Crippen molar-refractivity contribution < 1.29 is 9.47 Å². The first-order valence-corrected chi connectivity index (χ1v) is 5.13. The molecule has 0 aliphatic carbocycles. The predicted octanol–water partition coefficient (Wildman–Crippen LogP) is 3.25. The summed E-state index contributed by atoms with van der Waals surface area (Å²) in [6.07, 6.45) is 3.33. The van der Waals surface area contributed by atoms with Crippen LogP contribution in [-0.4, -0.2) is 4.83 Å². The van der Waals surface area contributed by atoms with E-state index in [1.54, 1.807) is 12.3 Å². The molecule has 2 rings (SSSR count). The van der Waals surface area contributed by atoms with Crippen LogP contribution in [0.3, 0.4) is 0 Å². The van der Waals surface area contributed by atoms with Gasteiger partial charge in [0.1, 0.15) is 6.26 Å². The third-order valence-electron chi connectivity index (χ3n) is 1.86. The molecule has 1 atom stereocenters. The van der Waals surface area contributed by atoms with E-state index in [1.807, 2.05) is 24.3 Å². The van der Waals surface area contributed by atoms with Crippen LogP contribution in [-0.2, 0) is 0 Å². The first-order valence-electron chi connectivity index (χ1n) is 4.21. The van der Waals surface area contributed by atoms with Crippen molar-refractivity contribution in [2.24, 2.45) is 0 Å². The van der Waals surface area contributed by atoms with Gasteiger partial charge in [0.25, 0.3) is 0 Å². The van der Waals surface area contributed by atoms with Crippen molar-refractivity contribution in [1.82, 2.24) is 0 Å². The highest BCUT2D eigenvalue weighted by Crippen LogP contribution is 2.33. The highest BCUT2D eigenvalue weighted by atomic mass is 79.9. The third-order valence-corrected chi connectivity index (χ3v) is 2.68. The minimum Gasteiger partial charge on any atom is -0.457 e. The maximum atomic E-state index is 5.60. The molecule has 3 heteroatoms. The molecule has 0 amide bonds. The lowest BCUT2D eigenvalue weighted by Crippen LogP contribution is -2.11. The van der Waals surface area contributed by atoms with Crippen molar-refractivity contribution in [2.75, 3.05) is 0 Å². The average Bonchev–Trinajstić information content (AvgIpc) is 2.27. The third kappa shape index (κ3) is 1.68. The summed E-state index contributed by atoms with van der Waals surface area (Å²) in [6, 6.07) is 7.54. The van der Waals surface area contributed by atoms with Crippen LogP contribution >= 0.6 is 15.9 Å². The Morgan fingerprint density at radius 2 is 2.00 bits per heavy atom. The Morgan fingerprint density at radius 3 is 2.71 bits per heavy atom. The van der Waals surface area contributed by atoms with Crippen molar-refractivity contribution >= 4 is 15.9 Å². The number of para-hydroxylation sites is 2. The Hall–Kier alpha value is -1.22. The lowest BCUT2D eigenvalue weighted by Gasteiger charge is -2.19. The van der Waals surface area contributed by atoms with Gasteiger partial charge in [-0.15, -0.1) is 6.58 Å². The van der Waals surface area contributed by atoms with Crippen LogP contribution in [0.5, 0.6) is 11.5 Å². The van der Waals surface area contributed by atoms with Gasteiger partial charge in [-0.05, 0) is 12.1 Å². The number of fused-ring (bicyclic) bond motifs is 1. The van der Waals surface area contributed by atoms with Gasteiger partial charge >= 0.3 is 0 Å². The summed E-state index contributed by atoms with van der Waals surface area (Å²) in [6.45, 7) is 3.67. The molecule has 14 heavy (non-hydrogen) atoms. The molecular weight excluding hydrogens is 244 g/mol. The van der Waals surface area contributed by atoms with Gasteiger partial charge in [0.15, 0.2) is 17.3 Å². The lowest BCUT2D eigenvalue weighted by atomic mass is 10.3. The molecule has 1 unspecified atom stereocenters. The van der Waals surface area contributed by atoms with E-state index in [0.717, 1.165) is 11.5 Å². The van der Waals surface area contributed by atoms with Crippen molar-refractivity contribution in [2.45, 2.75) is 4.83 Å². The zero-order valence-corrected chi connectivity index (χ0v) is 9.03. The van der Waals surface area contributed by atoms with Gasteiger partial charge in [0.2, 0.25) is 0 Å². The second-order valence-electron chi connectivity index (χ2n) is 2.82. The SMILES string of the molecule is C=CC(Br)C1=COc2ccccc2O1. The minimum atomic E-state index is -0.0177. The van der Waals surface area contributed by atoms with Crippen LogP contribution in [0.15, 0.2) is 48.9 Å². The summed E-state index contributed by atoms with van der Waals surface area (Å²) in [5.41, 5.74) is 0.